The van der Waals surface area contributed by atoms with Crippen molar-refractivity contribution in [3.8, 4) is 0 Å². The third-order valence-electron chi connectivity index (χ3n) is 0.995. The summed E-state index contributed by atoms with van der Waals surface area (Å²) >= 11 is 0. The molecule has 2 N–H and O–H groups in total. The monoisotopic (exact) mass is 269 g/mol. The van der Waals surface area contributed by atoms with Crippen molar-refractivity contribution in [2.75, 3.05) is 34.0 Å². The van der Waals surface area contributed by atoms with Gasteiger partial charge in [-0.25, -0.2) is 0 Å². The number of hydrogen-bond donors (Lipinski definition) is 2. The van der Waals surface area contributed by atoms with Gasteiger partial charge in [0.2, 0.25) is 0 Å². The number of epoxide rings is 1. The molecule has 80 valence electrons. The van der Waals surface area contributed by atoms with Crippen molar-refractivity contribution >= 4 is 0 Å². The summed E-state index contributed by atoms with van der Waals surface area (Å²) in [5.41, 5.74) is 0. The summed E-state index contributed by atoms with van der Waals surface area (Å²) in [5.74, 6) is 0. The van der Waals surface area contributed by atoms with Crippen LogP contribution in [0.4, 0.5) is 0 Å². The van der Waals surface area contributed by atoms with E-state index in [1.807, 2.05) is 0 Å². The molecule has 0 bridgehead atoms. The topological polar surface area (TPSA) is 62.2 Å². The molecule has 0 aromatic rings. The summed E-state index contributed by atoms with van der Waals surface area (Å²) in [4.78, 5) is 0. The van der Waals surface area contributed by atoms with Crippen LogP contribution in [-0.4, -0.2) is 50.4 Å². The molecule has 1 rings (SSSR count). The van der Waals surface area contributed by atoms with Gasteiger partial charge in [0.1, 0.15) is 6.10 Å². The minimum atomic E-state index is 0. The Bertz CT molecular complexity index is 69.2. The van der Waals surface area contributed by atoms with E-state index in [9.17, 15) is 0 Å². The van der Waals surface area contributed by atoms with Crippen LogP contribution in [0, 0.1) is 6.92 Å². The van der Waals surface area contributed by atoms with Crippen molar-refractivity contribution in [2.24, 2.45) is 0 Å². The van der Waals surface area contributed by atoms with Crippen LogP contribution in [0.2, 0.25) is 0 Å². The van der Waals surface area contributed by atoms with Gasteiger partial charge in [-0.05, 0) is 0 Å². The summed E-state index contributed by atoms with van der Waals surface area (Å²) in [6.45, 7) is 6.05. The van der Waals surface area contributed by atoms with Gasteiger partial charge in [0.15, 0.2) is 0 Å². The Morgan fingerprint density at radius 2 is 1.85 bits per heavy atom. The second kappa shape index (κ2) is 18.5. The molecule has 0 radical (unpaired) electrons. The van der Waals surface area contributed by atoms with Crippen molar-refractivity contribution in [3.05, 3.63) is 6.92 Å². The average molecular weight is 270 g/mol. The minimum absolute atomic E-state index is 0. The predicted octanol–water partition coefficient (Wildman–Crippen LogP) is -0.160. The van der Waals surface area contributed by atoms with E-state index in [2.05, 4.69) is 6.92 Å². The fraction of sp³-hybridized carbons (Fsp3) is 0.875. The van der Waals surface area contributed by atoms with Crippen molar-refractivity contribution in [1.29, 1.82) is 0 Å². The molecule has 0 amide bonds. The van der Waals surface area contributed by atoms with Gasteiger partial charge < -0.3 is 26.6 Å². The summed E-state index contributed by atoms with van der Waals surface area (Å²) < 4.78 is 10.0. The molecule has 0 saturated carbocycles. The number of aliphatic hydroxyl groups excluding tert-OH is 2. The maximum Gasteiger partial charge on any atom is 0.104 e. The Labute approximate surface area is 99.4 Å². The molecular formula is C8H19O4Zr-. The number of aliphatic hydroxyl groups is 2. The molecule has 0 aliphatic carbocycles. The summed E-state index contributed by atoms with van der Waals surface area (Å²) in [6.07, 6.45) is 1.26. The maximum atomic E-state index is 7.00. The fourth-order valence-corrected chi connectivity index (χ4v) is 0.481. The van der Waals surface area contributed by atoms with Gasteiger partial charge in [0.05, 0.1) is 13.2 Å². The van der Waals surface area contributed by atoms with E-state index < -0.39 is 0 Å². The largest absolute Gasteiger partial charge is 0.400 e. The van der Waals surface area contributed by atoms with Gasteiger partial charge in [-0.1, -0.05) is 0 Å². The van der Waals surface area contributed by atoms with Gasteiger partial charge in [0.25, 0.3) is 0 Å². The molecule has 1 aliphatic rings. The van der Waals surface area contributed by atoms with Crippen molar-refractivity contribution in [2.45, 2.75) is 12.5 Å². The Morgan fingerprint density at radius 3 is 2.15 bits per heavy atom. The third-order valence-corrected chi connectivity index (χ3v) is 0.995. The van der Waals surface area contributed by atoms with E-state index in [4.69, 9.17) is 19.7 Å². The van der Waals surface area contributed by atoms with Crippen molar-refractivity contribution in [3.63, 3.8) is 0 Å². The zero-order chi connectivity index (χ0) is 9.82. The second-order valence-corrected chi connectivity index (χ2v) is 1.88. The molecule has 1 heterocycles. The Balaban J connectivity index is -0.000000178. The Morgan fingerprint density at radius 1 is 1.38 bits per heavy atom. The van der Waals surface area contributed by atoms with Gasteiger partial charge in [-0.2, -0.15) is 6.42 Å². The molecule has 1 unspecified atom stereocenters. The van der Waals surface area contributed by atoms with Crippen LogP contribution in [0.3, 0.4) is 0 Å². The van der Waals surface area contributed by atoms with Gasteiger partial charge in [-0.15, -0.1) is 0 Å². The molecule has 1 saturated heterocycles. The van der Waals surface area contributed by atoms with Crippen LogP contribution in [0.15, 0.2) is 0 Å². The first-order valence-electron chi connectivity index (χ1n) is 3.81. The molecule has 13 heavy (non-hydrogen) atoms. The first-order valence-corrected chi connectivity index (χ1v) is 3.81. The molecule has 0 aromatic carbocycles. The number of rotatable bonds is 4. The van der Waals surface area contributed by atoms with E-state index in [-0.39, 0.29) is 26.2 Å². The van der Waals surface area contributed by atoms with Crippen LogP contribution in [0.25, 0.3) is 0 Å². The maximum absolute atomic E-state index is 7.00. The number of ether oxygens (including phenoxy) is 2. The molecule has 0 spiro atoms. The zero-order valence-electron chi connectivity index (χ0n) is 8.32. The molecular weight excluding hydrogens is 251 g/mol. The van der Waals surface area contributed by atoms with E-state index in [0.29, 0.717) is 6.10 Å². The molecule has 1 fully saturated rings. The molecule has 4 nitrogen and oxygen atoms in total. The SMILES string of the molecule is CO.CO.[CH2-]CCOCC1CO1.[Zr]. The van der Waals surface area contributed by atoms with Crippen LogP contribution in [0.5, 0.6) is 0 Å². The van der Waals surface area contributed by atoms with E-state index in [1.165, 1.54) is 0 Å². The first kappa shape index (κ1) is 19.3. The van der Waals surface area contributed by atoms with Gasteiger partial charge in [-0.3, -0.25) is 0 Å². The predicted molar refractivity (Wildman–Crippen MR) is 46.8 cm³/mol. The van der Waals surface area contributed by atoms with Gasteiger partial charge >= 0.3 is 0 Å². The standard InChI is InChI=1S/C6H11O2.2CH4O.Zr/c1-2-3-7-4-6-5-8-6;2*1-2;/h6H,1-5H2;2*2H,1H3;/q-1;;;. The second-order valence-electron chi connectivity index (χ2n) is 1.88. The summed E-state index contributed by atoms with van der Waals surface area (Å²) in [5, 5.41) is 14.0. The van der Waals surface area contributed by atoms with Gasteiger partial charge in [0, 0.05) is 47.0 Å². The average Bonchev–Trinajstić information content (AvgIpc) is 2.96. The van der Waals surface area contributed by atoms with Crippen molar-refractivity contribution in [1.82, 2.24) is 0 Å². The smallest absolute Gasteiger partial charge is 0.104 e. The summed E-state index contributed by atoms with van der Waals surface area (Å²) in [6, 6.07) is 0. The fourth-order valence-electron chi connectivity index (χ4n) is 0.481. The van der Waals surface area contributed by atoms with Crippen LogP contribution >= 0.6 is 0 Å². The van der Waals surface area contributed by atoms with E-state index in [1.54, 1.807) is 0 Å². The molecule has 1 aliphatic heterocycles. The zero-order valence-corrected chi connectivity index (χ0v) is 10.8. The van der Waals surface area contributed by atoms with Crippen LogP contribution in [0.1, 0.15) is 6.42 Å². The number of hydrogen-bond acceptors (Lipinski definition) is 4. The molecule has 1 atom stereocenters. The Hall–Kier alpha value is 0.723. The molecule has 5 heteroatoms. The van der Waals surface area contributed by atoms with Crippen LogP contribution in [-0.2, 0) is 35.7 Å². The first-order chi connectivity index (χ1) is 5.93. The van der Waals surface area contributed by atoms with Crippen LogP contribution < -0.4 is 0 Å². The van der Waals surface area contributed by atoms with E-state index >= 15 is 0 Å². The quantitative estimate of drug-likeness (QED) is 0.423. The van der Waals surface area contributed by atoms with E-state index in [0.717, 1.165) is 40.5 Å². The Kier molecular flexibility index (Phi) is 27.5. The van der Waals surface area contributed by atoms with Crippen molar-refractivity contribution < 1.29 is 45.9 Å². The summed E-state index contributed by atoms with van der Waals surface area (Å²) in [7, 11) is 2.00. The normalized spacial score (nSPS) is 16.8. The third kappa shape index (κ3) is 19.2. The molecule has 0 aromatic heterocycles. The minimum Gasteiger partial charge on any atom is -0.400 e.